The van der Waals surface area contributed by atoms with Gasteiger partial charge in [-0.2, -0.15) is 30.0 Å². The Balaban J connectivity index is 0.983. The third kappa shape index (κ3) is 16.5. The molecule has 0 radical (unpaired) electrons. The van der Waals surface area contributed by atoms with E-state index in [0.717, 1.165) is 50.4 Å². The van der Waals surface area contributed by atoms with Crippen molar-refractivity contribution >= 4 is 88.3 Å². The highest BCUT2D eigenvalue weighted by atomic mass is 33.1. The molecule has 1 fully saturated rings. The number of anilines is 1. The number of fused-ring (bicyclic) bond motifs is 2. The quantitative estimate of drug-likeness (QED) is 0.00818. The molecule has 0 saturated carbocycles. The van der Waals surface area contributed by atoms with E-state index in [1.807, 2.05) is 70.0 Å². The molecular weight excluding hydrogens is 1180 g/mol. The van der Waals surface area contributed by atoms with Gasteiger partial charge in [-0.3, -0.25) is 32.8 Å². The van der Waals surface area contributed by atoms with Crippen molar-refractivity contribution in [3.8, 4) is 11.8 Å². The van der Waals surface area contributed by atoms with Crippen molar-refractivity contribution in [2.24, 2.45) is 0 Å². The standard InChI is InChI=1S/C46H57N4O22P3S4/c1-6-48-35-19-17-31(78(62,63)64)25-33(35)45(2,3)39(48)14-8-7-9-15-40-46(4,5)34-26-32(79(65,66)67)18-20-36(34)49(40)21-12-24-77-76-23-11-16-42(52)68-22-10-13-30-28-50(44(54)47-43(30)53)41-27-37(51)38(70-41)29-69-74(58,59)72-75(60,61)71-73(55,56)57/h7-9,14-15,17-20,25-26,28,37-38,41,51H,6,11-12,16,21-24,27,29H2,1-5H3,(H6-,47,53,54,55,56,57,58,59,60,61,62,63,64,65,66,67)/p+1. The molecule has 2 aromatic carbocycles. The van der Waals surface area contributed by atoms with Crippen LogP contribution in [0.1, 0.15) is 83.2 Å². The number of H-pyrrole nitrogens is 1. The second kappa shape index (κ2) is 25.5. The minimum absolute atomic E-state index is 0.0623. The number of aliphatic hydroxyl groups is 1. The molecule has 0 bridgehead atoms. The maximum Gasteiger partial charge on any atom is 0.490 e. The second-order valence-corrected chi connectivity index (χ2v) is 28.7. The molecular formula is C46H58N4O22P3S4+. The average molecular weight is 1240 g/mol. The van der Waals surface area contributed by atoms with E-state index in [1.165, 1.54) is 24.3 Å². The van der Waals surface area contributed by atoms with Gasteiger partial charge in [-0.15, -0.1) is 0 Å². The first-order chi connectivity index (χ1) is 36.6. The lowest BCUT2D eigenvalue weighted by atomic mass is 9.81. The molecule has 1 saturated heterocycles. The van der Waals surface area contributed by atoms with Gasteiger partial charge in [0.25, 0.3) is 25.8 Å². The Hall–Kier alpha value is -4.31. The van der Waals surface area contributed by atoms with Crippen LogP contribution in [-0.2, 0) is 72.2 Å². The van der Waals surface area contributed by atoms with Crippen molar-refractivity contribution in [2.45, 2.75) is 99.4 Å². The number of hydrogen-bond donors (Lipinski definition) is 8. The third-order valence-electron chi connectivity index (χ3n) is 12.5. The van der Waals surface area contributed by atoms with Crippen LogP contribution in [0.2, 0.25) is 0 Å². The summed E-state index contributed by atoms with van der Waals surface area (Å²) in [4.78, 5) is 77.7. The van der Waals surface area contributed by atoms with E-state index in [1.54, 1.807) is 33.7 Å². The number of carbonyl (C=O) groups excluding carboxylic acids is 1. The summed E-state index contributed by atoms with van der Waals surface area (Å²) in [5.41, 5.74) is 1.53. The fourth-order valence-corrected chi connectivity index (χ4v) is 15.1. The van der Waals surface area contributed by atoms with Gasteiger partial charge in [0.05, 0.1) is 27.9 Å². The van der Waals surface area contributed by atoms with Crippen LogP contribution in [0.15, 0.2) is 98.1 Å². The van der Waals surface area contributed by atoms with E-state index in [0.29, 0.717) is 31.7 Å². The number of rotatable bonds is 24. The molecule has 5 atom stereocenters. The summed E-state index contributed by atoms with van der Waals surface area (Å²) < 4.78 is 128. The van der Waals surface area contributed by atoms with Crippen molar-refractivity contribution in [1.29, 1.82) is 0 Å². The normalized spacial score (nSPS) is 21.0. The van der Waals surface area contributed by atoms with Crippen molar-refractivity contribution in [3.63, 3.8) is 0 Å². The average Bonchev–Trinajstić information content (AvgIpc) is 4.12. The molecule has 0 amide bonds. The number of allylic oxidation sites excluding steroid dienone is 6. The number of phosphoric ester groups is 1. The van der Waals surface area contributed by atoms with Crippen molar-refractivity contribution in [3.05, 3.63) is 116 Å². The van der Waals surface area contributed by atoms with Crippen LogP contribution < -0.4 is 16.1 Å². The number of likely N-dealkylation sites (N-methyl/N-ethyl adjacent to an activating group) is 1. The molecule has 8 N–H and O–H groups in total. The van der Waals surface area contributed by atoms with Gasteiger partial charge in [0.15, 0.2) is 12.3 Å². The summed E-state index contributed by atoms with van der Waals surface area (Å²) in [5.74, 6) is 5.76. The van der Waals surface area contributed by atoms with Gasteiger partial charge in [-0.1, -0.05) is 65.5 Å². The second-order valence-electron chi connectivity index (χ2n) is 18.7. The minimum atomic E-state index is -5.81. The molecule has 1 aromatic heterocycles. The Morgan fingerprint density at radius 2 is 1.54 bits per heavy atom. The van der Waals surface area contributed by atoms with E-state index in [-0.39, 0.29) is 28.2 Å². The molecule has 3 aromatic rings. The van der Waals surface area contributed by atoms with E-state index in [9.17, 15) is 68.9 Å². The van der Waals surface area contributed by atoms with Crippen LogP contribution in [0.4, 0.5) is 11.4 Å². The maximum absolute atomic E-state index is 12.6. The Morgan fingerprint density at radius 1 is 0.899 bits per heavy atom. The van der Waals surface area contributed by atoms with Gasteiger partial charge in [0, 0.05) is 78.0 Å². The Kier molecular flexibility index (Phi) is 20.6. The summed E-state index contributed by atoms with van der Waals surface area (Å²) in [7, 11) is -22.7. The molecule has 0 aliphatic carbocycles. The number of esters is 1. The van der Waals surface area contributed by atoms with Crippen LogP contribution in [-0.4, -0.2) is 126 Å². The largest absolute Gasteiger partial charge is 0.490 e. The Morgan fingerprint density at radius 3 is 2.19 bits per heavy atom. The zero-order chi connectivity index (χ0) is 58.5. The predicted octanol–water partition coefficient (Wildman–Crippen LogP) is 5.36. The number of carbonyl (C=O) groups is 1. The first-order valence-corrected chi connectivity index (χ1v) is 33.6. The van der Waals surface area contributed by atoms with Gasteiger partial charge < -0.3 is 39.1 Å². The highest BCUT2D eigenvalue weighted by Crippen LogP contribution is 2.66. The lowest BCUT2D eigenvalue weighted by molar-refractivity contribution is -0.437. The number of nitrogens with one attached hydrogen (secondary N) is 1. The number of phosphoric acid groups is 3. The smallest absolute Gasteiger partial charge is 0.452 e. The SMILES string of the molecule is CCN1C(=CC=CC=CC2=[N+](CCCSSCCCC(=O)OCC#Cc3cn(C4CC(O)C(COP(=O)(O)OP(=O)(O)OP(=O)(O)O)O4)c(=O)[nH]c3=O)c3ccc(S(=O)(=O)O)cc3C2(C)C)C(C)(C)c2cc(S(=O)(=O)O)ccc21. The molecule has 79 heavy (non-hydrogen) atoms. The van der Waals surface area contributed by atoms with Crippen molar-refractivity contribution in [1.82, 2.24) is 9.55 Å². The zero-order valence-electron chi connectivity index (χ0n) is 42.8. The number of nitrogens with zero attached hydrogens (tertiary/aromatic N) is 3. The van der Waals surface area contributed by atoms with E-state index < -0.39 is 103 Å². The molecule has 3 aliphatic rings. The molecule has 432 valence electrons. The van der Waals surface area contributed by atoms with Gasteiger partial charge in [0.1, 0.15) is 24.4 Å². The number of benzene rings is 2. The topological polar surface area (TPSA) is 385 Å². The van der Waals surface area contributed by atoms with Crippen LogP contribution in [0.5, 0.6) is 0 Å². The van der Waals surface area contributed by atoms with Crippen LogP contribution in [0.25, 0.3) is 0 Å². The number of aliphatic hydroxyl groups excluding tert-OH is 1. The van der Waals surface area contributed by atoms with Crippen molar-refractivity contribution in [2.75, 3.05) is 42.7 Å². The zero-order valence-corrected chi connectivity index (χ0v) is 48.8. The summed E-state index contributed by atoms with van der Waals surface area (Å²) in [6.45, 7) is 9.67. The molecule has 6 rings (SSSR count). The summed E-state index contributed by atoms with van der Waals surface area (Å²) in [6, 6.07) is 9.11. The number of aromatic amines is 1. The number of hydrogen-bond acceptors (Lipinski definition) is 19. The predicted molar refractivity (Wildman–Crippen MR) is 290 cm³/mol. The van der Waals surface area contributed by atoms with Gasteiger partial charge in [0.2, 0.25) is 5.69 Å². The fourth-order valence-electron chi connectivity index (χ4n) is 8.86. The monoisotopic (exact) mass is 1240 g/mol. The first-order valence-electron chi connectivity index (χ1n) is 23.7. The van der Waals surface area contributed by atoms with Gasteiger partial charge in [-0.05, 0) is 69.2 Å². The van der Waals surface area contributed by atoms with Crippen LogP contribution in [0, 0.1) is 11.8 Å². The Bertz CT molecular complexity index is 3540. The lowest BCUT2D eigenvalue weighted by Gasteiger charge is -2.25. The lowest BCUT2D eigenvalue weighted by Crippen LogP contribution is -2.33. The molecule has 3 aliphatic heterocycles. The van der Waals surface area contributed by atoms with Crippen molar-refractivity contribution < 1.29 is 96.3 Å². The summed E-state index contributed by atoms with van der Waals surface area (Å²) in [6.07, 6.45) is 7.22. The Labute approximate surface area is 461 Å². The summed E-state index contributed by atoms with van der Waals surface area (Å²) >= 11 is 0. The van der Waals surface area contributed by atoms with E-state index in [2.05, 4.69) is 34.5 Å². The highest BCUT2D eigenvalue weighted by molar-refractivity contribution is 8.76. The van der Waals surface area contributed by atoms with Crippen LogP contribution >= 0.6 is 45.1 Å². The number of aromatic nitrogens is 2. The molecule has 33 heteroatoms. The van der Waals surface area contributed by atoms with E-state index >= 15 is 0 Å². The third-order valence-corrected chi connectivity index (χ3v) is 20.6. The fraction of sp³-hybridized carbons (Fsp3) is 0.435. The molecule has 0 spiro atoms. The molecule has 26 nitrogen and oxygen atoms in total. The number of ether oxygens (including phenoxy) is 2. The van der Waals surface area contributed by atoms with Gasteiger partial charge >= 0.3 is 35.1 Å². The first kappa shape index (κ1) is 63.9. The maximum atomic E-state index is 12.6. The van der Waals surface area contributed by atoms with Crippen LogP contribution in [0.3, 0.4) is 0 Å². The summed E-state index contributed by atoms with van der Waals surface area (Å²) in [5, 5.41) is 10.4. The minimum Gasteiger partial charge on any atom is -0.452 e. The highest BCUT2D eigenvalue weighted by Gasteiger charge is 2.46. The molecule has 5 unspecified atom stereocenters. The van der Waals surface area contributed by atoms with E-state index in [4.69, 9.17) is 19.3 Å². The molecule has 4 heterocycles. The van der Waals surface area contributed by atoms with Gasteiger partial charge in [-0.25, -0.2) is 18.5 Å².